The van der Waals surface area contributed by atoms with Crippen molar-refractivity contribution in [2.75, 3.05) is 0 Å². The smallest absolute Gasteiger partial charge is 0.0200 e. The Balaban J connectivity index is 2.18. The average Bonchev–Trinajstić information content (AvgIpc) is 2.45. The normalized spacial score (nSPS) is 44.8. The second-order valence-electron chi connectivity index (χ2n) is 3.44. The molecule has 2 fully saturated rings. The molecule has 0 aromatic carbocycles. The number of fused-ring (bicyclic) bond motifs is 2. The van der Waals surface area contributed by atoms with E-state index in [1.54, 1.807) is 5.57 Å². The fraction of sp³-hybridized carbons (Fsp3) is 0.778. The van der Waals surface area contributed by atoms with Gasteiger partial charge in [-0.1, -0.05) is 11.6 Å². The van der Waals surface area contributed by atoms with E-state index < -0.39 is 0 Å². The van der Waals surface area contributed by atoms with E-state index in [9.17, 15) is 0 Å². The van der Waals surface area contributed by atoms with Crippen LogP contribution < -0.4 is 0 Å². The largest absolute Gasteiger partial charge is 0.0882 e. The van der Waals surface area contributed by atoms with Crippen molar-refractivity contribution in [3.05, 3.63) is 11.6 Å². The highest BCUT2D eigenvalue weighted by Crippen LogP contribution is 2.47. The molecule has 0 amide bonds. The summed E-state index contributed by atoms with van der Waals surface area (Å²) in [6.07, 6.45) is 8.29. The zero-order valence-corrected chi connectivity index (χ0v) is 6.06. The first-order valence-electron chi connectivity index (χ1n) is 4.05. The van der Waals surface area contributed by atoms with Crippen molar-refractivity contribution in [1.29, 1.82) is 0 Å². The predicted octanol–water partition coefficient (Wildman–Crippen LogP) is 2.75. The summed E-state index contributed by atoms with van der Waals surface area (Å²) in [5.74, 6) is 2.10. The number of allylic oxidation sites excluding steroid dienone is 2. The molecule has 2 saturated carbocycles. The Morgan fingerprint density at radius 3 is 2.67 bits per heavy atom. The van der Waals surface area contributed by atoms with Gasteiger partial charge in [0.05, 0.1) is 0 Å². The number of rotatable bonds is 0. The Hall–Kier alpha value is -0.260. The van der Waals surface area contributed by atoms with Gasteiger partial charge in [-0.2, -0.15) is 0 Å². The van der Waals surface area contributed by atoms with Crippen LogP contribution in [0.3, 0.4) is 0 Å². The van der Waals surface area contributed by atoms with Gasteiger partial charge in [0, 0.05) is 0 Å². The Morgan fingerprint density at radius 1 is 1.44 bits per heavy atom. The molecule has 2 rings (SSSR count). The lowest BCUT2D eigenvalue weighted by Gasteiger charge is -2.11. The van der Waals surface area contributed by atoms with E-state index in [0.29, 0.717) is 0 Å². The Labute approximate surface area is 57.0 Å². The topological polar surface area (TPSA) is 0 Å². The molecular formula is C9H14. The average molecular weight is 122 g/mol. The molecule has 2 aliphatic carbocycles. The highest BCUT2D eigenvalue weighted by Gasteiger charge is 2.34. The van der Waals surface area contributed by atoms with E-state index in [-0.39, 0.29) is 0 Å². The summed E-state index contributed by atoms with van der Waals surface area (Å²) in [4.78, 5) is 0. The van der Waals surface area contributed by atoms with E-state index in [1.807, 2.05) is 0 Å². The molecule has 2 atom stereocenters. The van der Waals surface area contributed by atoms with Crippen LogP contribution in [0.1, 0.15) is 32.6 Å². The van der Waals surface area contributed by atoms with Crippen LogP contribution in [-0.2, 0) is 0 Å². The van der Waals surface area contributed by atoms with E-state index in [1.165, 1.54) is 25.7 Å². The minimum atomic E-state index is 1.01. The van der Waals surface area contributed by atoms with Gasteiger partial charge >= 0.3 is 0 Å². The summed E-state index contributed by atoms with van der Waals surface area (Å²) >= 11 is 0. The molecule has 2 aliphatic rings. The summed E-state index contributed by atoms with van der Waals surface area (Å²) in [5.41, 5.74) is 1.76. The third-order valence-corrected chi connectivity index (χ3v) is 2.96. The van der Waals surface area contributed by atoms with Crippen molar-refractivity contribution >= 4 is 0 Å². The predicted molar refractivity (Wildman–Crippen MR) is 39.2 cm³/mol. The van der Waals surface area contributed by atoms with Crippen molar-refractivity contribution in [1.82, 2.24) is 0 Å². The minimum Gasteiger partial charge on any atom is -0.0882 e. The molecule has 0 spiro atoms. The SMILES string of the molecule is C/C=C1/C[C@@H]2CC[C@H]1C2. The van der Waals surface area contributed by atoms with Gasteiger partial charge < -0.3 is 0 Å². The van der Waals surface area contributed by atoms with E-state index >= 15 is 0 Å². The molecule has 2 bridgehead atoms. The highest BCUT2D eigenvalue weighted by atomic mass is 14.4. The summed E-state index contributed by atoms with van der Waals surface area (Å²) in [5, 5.41) is 0. The van der Waals surface area contributed by atoms with Gasteiger partial charge in [0.1, 0.15) is 0 Å². The molecule has 0 N–H and O–H groups in total. The van der Waals surface area contributed by atoms with Crippen molar-refractivity contribution in [3.8, 4) is 0 Å². The Morgan fingerprint density at radius 2 is 2.33 bits per heavy atom. The van der Waals surface area contributed by atoms with Crippen LogP contribution in [0.2, 0.25) is 0 Å². The van der Waals surface area contributed by atoms with Crippen molar-refractivity contribution in [2.45, 2.75) is 32.6 Å². The second kappa shape index (κ2) is 1.86. The lowest BCUT2D eigenvalue weighted by molar-refractivity contribution is 0.560. The van der Waals surface area contributed by atoms with Gasteiger partial charge in [-0.15, -0.1) is 0 Å². The first kappa shape index (κ1) is 5.52. The maximum Gasteiger partial charge on any atom is -0.0200 e. The fourth-order valence-electron chi connectivity index (χ4n) is 2.45. The number of hydrogen-bond acceptors (Lipinski definition) is 0. The summed E-state index contributed by atoms with van der Waals surface area (Å²) < 4.78 is 0. The molecule has 0 saturated heterocycles. The van der Waals surface area contributed by atoms with E-state index in [0.717, 1.165) is 11.8 Å². The molecule has 0 heterocycles. The van der Waals surface area contributed by atoms with E-state index in [4.69, 9.17) is 0 Å². The lowest BCUT2D eigenvalue weighted by Crippen LogP contribution is -1.96. The first-order chi connectivity index (χ1) is 4.40. The highest BCUT2D eigenvalue weighted by molar-refractivity contribution is 5.15. The van der Waals surface area contributed by atoms with Crippen LogP contribution >= 0.6 is 0 Å². The fourth-order valence-corrected chi connectivity index (χ4v) is 2.45. The van der Waals surface area contributed by atoms with Crippen LogP contribution in [0.4, 0.5) is 0 Å². The third kappa shape index (κ3) is 0.726. The molecule has 0 aliphatic heterocycles. The zero-order valence-electron chi connectivity index (χ0n) is 6.06. The van der Waals surface area contributed by atoms with Crippen molar-refractivity contribution in [2.24, 2.45) is 11.8 Å². The molecule has 0 unspecified atom stereocenters. The van der Waals surface area contributed by atoms with Crippen LogP contribution in [0.25, 0.3) is 0 Å². The summed E-state index contributed by atoms with van der Waals surface area (Å²) in [6.45, 7) is 2.19. The lowest BCUT2D eigenvalue weighted by atomic mass is 9.95. The van der Waals surface area contributed by atoms with E-state index in [2.05, 4.69) is 13.0 Å². The molecule has 0 heteroatoms. The van der Waals surface area contributed by atoms with Crippen LogP contribution in [0.15, 0.2) is 11.6 Å². The molecule has 9 heavy (non-hydrogen) atoms. The molecule has 50 valence electrons. The molecule has 0 aromatic rings. The van der Waals surface area contributed by atoms with Crippen LogP contribution in [-0.4, -0.2) is 0 Å². The first-order valence-corrected chi connectivity index (χ1v) is 4.05. The van der Waals surface area contributed by atoms with Crippen LogP contribution in [0, 0.1) is 11.8 Å². The van der Waals surface area contributed by atoms with Gasteiger partial charge in [-0.05, 0) is 44.4 Å². The maximum atomic E-state index is 2.34. The Kier molecular flexibility index (Phi) is 1.14. The standard InChI is InChI=1S/C9H14/c1-2-8-5-7-3-4-9(8)6-7/h2,7,9H,3-6H2,1H3/b8-2-/t7-,9-/m0/s1. The molecule has 0 radical (unpaired) electrons. The zero-order chi connectivity index (χ0) is 6.27. The Bertz CT molecular complexity index is 144. The van der Waals surface area contributed by atoms with Gasteiger partial charge in [0.15, 0.2) is 0 Å². The monoisotopic (exact) mass is 122 g/mol. The third-order valence-electron chi connectivity index (χ3n) is 2.96. The van der Waals surface area contributed by atoms with Gasteiger partial charge in [-0.25, -0.2) is 0 Å². The van der Waals surface area contributed by atoms with Crippen molar-refractivity contribution < 1.29 is 0 Å². The van der Waals surface area contributed by atoms with Gasteiger partial charge in [-0.3, -0.25) is 0 Å². The molecule has 0 nitrogen and oxygen atoms in total. The molecular weight excluding hydrogens is 108 g/mol. The van der Waals surface area contributed by atoms with Crippen LogP contribution in [0.5, 0.6) is 0 Å². The molecule has 0 aromatic heterocycles. The van der Waals surface area contributed by atoms with Gasteiger partial charge in [0.25, 0.3) is 0 Å². The number of hydrogen-bond donors (Lipinski definition) is 0. The maximum absolute atomic E-state index is 2.34. The van der Waals surface area contributed by atoms with Gasteiger partial charge in [0.2, 0.25) is 0 Å². The second-order valence-corrected chi connectivity index (χ2v) is 3.44. The quantitative estimate of drug-likeness (QED) is 0.433. The van der Waals surface area contributed by atoms with Crippen molar-refractivity contribution in [3.63, 3.8) is 0 Å². The minimum absolute atomic E-state index is 1.01. The summed E-state index contributed by atoms with van der Waals surface area (Å²) in [6, 6.07) is 0. The summed E-state index contributed by atoms with van der Waals surface area (Å²) in [7, 11) is 0.